The van der Waals surface area contributed by atoms with Crippen LogP contribution in [0.2, 0.25) is 0 Å². The Kier molecular flexibility index (Phi) is 7.45. The molecule has 3 aromatic heterocycles. The summed E-state index contributed by atoms with van der Waals surface area (Å²) in [5.74, 6) is 0.421. The molecule has 1 aromatic carbocycles. The fraction of sp³-hybridized carbons (Fsp3) is 0.484. The highest BCUT2D eigenvalue weighted by molar-refractivity contribution is 7.90. The maximum absolute atomic E-state index is 13.8. The summed E-state index contributed by atoms with van der Waals surface area (Å²) < 4.78 is 34.5. The van der Waals surface area contributed by atoms with Crippen LogP contribution < -0.4 is 0 Å². The van der Waals surface area contributed by atoms with Crippen LogP contribution in [0.5, 0.6) is 0 Å². The Morgan fingerprint density at radius 3 is 2.51 bits per heavy atom. The number of ether oxygens (including phenoxy) is 1. The first-order valence-electron chi connectivity index (χ1n) is 14.8. The highest BCUT2D eigenvalue weighted by Crippen LogP contribution is 2.40. The average molecular weight is 592 g/mol. The topological polar surface area (TPSA) is 80.6 Å². The van der Waals surface area contributed by atoms with Crippen molar-refractivity contribution in [2.45, 2.75) is 61.4 Å². The van der Waals surface area contributed by atoms with Crippen LogP contribution in [-0.4, -0.2) is 78.1 Å². The molecule has 8 nitrogen and oxygen atoms in total. The Balaban J connectivity index is 1.25. The van der Waals surface area contributed by atoms with Crippen LogP contribution in [0.4, 0.5) is 0 Å². The number of benzene rings is 1. The van der Waals surface area contributed by atoms with Gasteiger partial charge in [0.05, 0.1) is 29.8 Å². The van der Waals surface area contributed by atoms with Crippen LogP contribution in [0, 0.1) is 0 Å². The fourth-order valence-electron chi connectivity index (χ4n) is 6.92. The van der Waals surface area contributed by atoms with E-state index in [4.69, 9.17) is 14.7 Å². The van der Waals surface area contributed by atoms with Crippen molar-refractivity contribution in [2.24, 2.45) is 0 Å². The van der Waals surface area contributed by atoms with Crippen molar-refractivity contribution in [1.29, 1.82) is 0 Å². The minimum atomic E-state index is -3.82. The monoisotopic (exact) mass is 591 g/mol. The van der Waals surface area contributed by atoms with Crippen LogP contribution >= 0.6 is 11.3 Å². The Labute approximate surface area is 246 Å². The summed E-state index contributed by atoms with van der Waals surface area (Å²) in [6.45, 7) is 4.81. The molecular formula is C31H37N5O3S2. The van der Waals surface area contributed by atoms with Crippen molar-refractivity contribution < 1.29 is 13.2 Å². The molecule has 0 spiro atoms. The van der Waals surface area contributed by atoms with E-state index < -0.39 is 10.0 Å². The lowest BCUT2D eigenvalue weighted by Gasteiger charge is -2.38. The molecule has 4 aromatic rings. The van der Waals surface area contributed by atoms with E-state index in [0.717, 1.165) is 73.8 Å². The average Bonchev–Trinajstić information content (AvgIpc) is 3.76. The molecule has 7 rings (SSSR count). The zero-order valence-electron chi connectivity index (χ0n) is 23.5. The van der Waals surface area contributed by atoms with Crippen LogP contribution in [-0.2, 0) is 14.8 Å². The molecule has 1 atom stereocenters. The third-order valence-corrected chi connectivity index (χ3v) is 11.9. The fourth-order valence-corrected chi connectivity index (χ4v) is 9.28. The Hall–Kier alpha value is -2.63. The van der Waals surface area contributed by atoms with E-state index in [9.17, 15) is 8.42 Å². The molecule has 0 N–H and O–H groups in total. The van der Waals surface area contributed by atoms with Crippen LogP contribution in [0.15, 0.2) is 59.1 Å². The van der Waals surface area contributed by atoms with Gasteiger partial charge in [0.25, 0.3) is 10.0 Å². The van der Waals surface area contributed by atoms with Gasteiger partial charge in [0.1, 0.15) is 5.01 Å². The predicted molar refractivity (Wildman–Crippen MR) is 162 cm³/mol. The summed E-state index contributed by atoms with van der Waals surface area (Å²) in [6.07, 6.45) is 10.5. The van der Waals surface area contributed by atoms with Gasteiger partial charge in [-0.3, -0.25) is 9.80 Å². The number of rotatable bonds is 6. The maximum atomic E-state index is 13.8. The highest BCUT2D eigenvalue weighted by atomic mass is 32.2. The van der Waals surface area contributed by atoms with E-state index in [0.29, 0.717) is 23.6 Å². The molecule has 216 valence electrons. The second-order valence-corrected chi connectivity index (χ2v) is 14.4. The first kappa shape index (κ1) is 27.2. The summed E-state index contributed by atoms with van der Waals surface area (Å²) in [7, 11) is -1.67. The van der Waals surface area contributed by atoms with Gasteiger partial charge in [0.2, 0.25) is 0 Å². The van der Waals surface area contributed by atoms with E-state index >= 15 is 0 Å². The van der Waals surface area contributed by atoms with E-state index in [1.807, 2.05) is 12.3 Å². The van der Waals surface area contributed by atoms with Gasteiger partial charge in [-0.1, -0.05) is 18.2 Å². The highest BCUT2D eigenvalue weighted by Gasteiger charge is 2.30. The Bertz CT molecular complexity index is 1620. The molecule has 0 radical (unpaired) electrons. The molecule has 1 unspecified atom stereocenters. The van der Waals surface area contributed by atoms with Crippen molar-refractivity contribution in [3.05, 3.63) is 64.7 Å². The summed E-state index contributed by atoms with van der Waals surface area (Å²) in [6, 6.07) is 11.7. The van der Waals surface area contributed by atoms with Gasteiger partial charge in [0.15, 0.2) is 5.65 Å². The normalized spacial score (nSPS) is 24.8. The number of hydrogen-bond donors (Lipinski definition) is 0. The van der Waals surface area contributed by atoms with Gasteiger partial charge in [-0.15, -0.1) is 11.3 Å². The zero-order chi connectivity index (χ0) is 28.0. The molecule has 1 saturated carbocycles. The predicted octanol–water partition coefficient (Wildman–Crippen LogP) is 5.52. The van der Waals surface area contributed by atoms with Crippen molar-refractivity contribution in [3.8, 4) is 11.3 Å². The van der Waals surface area contributed by atoms with Crippen LogP contribution in [0.3, 0.4) is 0 Å². The number of morpholine rings is 1. The second-order valence-electron chi connectivity index (χ2n) is 11.7. The van der Waals surface area contributed by atoms with E-state index in [1.54, 1.807) is 41.8 Å². The Morgan fingerprint density at radius 1 is 1.00 bits per heavy atom. The largest absolute Gasteiger partial charge is 0.379 e. The van der Waals surface area contributed by atoms with Crippen molar-refractivity contribution in [1.82, 2.24) is 23.7 Å². The lowest BCUT2D eigenvalue weighted by Crippen LogP contribution is -2.44. The SMILES string of the molecule is CN1CCCC1c1nc(-c2cn(S(=O)(=O)c3ccccc3)c3ncc([C@H]4CC[C@H](N5CCOCC5)CC4)cc23)cs1. The van der Waals surface area contributed by atoms with E-state index in [2.05, 4.69) is 28.3 Å². The molecule has 2 aliphatic heterocycles. The first-order valence-corrected chi connectivity index (χ1v) is 17.1. The summed E-state index contributed by atoms with van der Waals surface area (Å²) >= 11 is 1.67. The smallest absolute Gasteiger partial charge is 0.269 e. The number of pyridine rings is 1. The third-order valence-electron chi connectivity index (χ3n) is 9.27. The van der Waals surface area contributed by atoms with Gasteiger partial charge < -0.3 is 4.74 Å². The van der Waals surface area contributed by atoms with Crippen LogP contribution in [0.25, 0.3) is 22.3 Å². The van der Waals surface area contributed by atoms with E-state index in [1.165, 1.54) is 28.8 Å². The Morgan fingerprint density at radius 2 is 1.78 bits per heavy atom. The third kappa shape index (κ3) is 5.14. The lowest BCUT2D eigenvalue weighted by atomic mass is 9.81. The minimum absolute atomic E-state index is 0.252. The molecule has 3 fully saturated rings. The van der Waals surface area contributed by atoms with Crippen LogP contribution in [0.1, 0.15) is 61.1 Å². The molecule has 0 bridgehead atoms. The molecule has 0 amide bonds. The number of aromatic nitrogens is 3. The number of nitrogens with zero attached hydrogens (tertiary/aromatic N) is 5. The lowest BCUT2D eigenvalue weighted by molar-refractivity contribution is 0.00729. The number of fused-ring (bicyclic) bond motifs is 1. The molecule has 41 heavy (non-hydrogen) atoms. The van der Waals surface area contributed by atoms with Gasteiger partial charge in [0, 0.05) is 47.9 Å². The summed E-state index contributed by atoms with van der Waals surface area (Å²) in [5.41, 5.74) is 3.31. The van der Waals surface area contributed by atoms with Gasteiger partial charge in [-0.2, -0.15) is 0 Å². The van der Waals surface area contributed by atoms with Crippen molar-refractivity contribution in [2.75, 3.05) is 39.9 Å². The summed E-state index contributed by atoms with van der Waals surface area (Å²) in [5, 5.41) is 4.03. The number of likely N-dealkylation sites (tertiary alicyclic amines) is 1. The van der Waals surface area contributed by atoms with Crippen molar-refractivity contribution in [3.63, 3.8) is 0 Å². The quantitative estimate of drug-likeness (QED) is 0.292. The number of hydrogen-bond acceptors (Lipinski definition) is 8. The van der Waals surface area contributed by atoms with E-state index in [-0.39, 0.29) is 4.90 Å². The first-order chi connectivity index (χ1) is 20.0. The van der Waals surface area contributed by atoms with Gasteiger partial charge in [-0.25, -0.2) is 22.4 Å². The molecule has 10 heteroatoms. The molecule has 2 saturated heterocycles. The number of thiazole rings is 1. The van der Waals surface area contributed by atoms with Gasteiger partial charge >= 0.3 is 0 Å². The maximum Gasteiger partial charge on any atom is 0.269 e. The molecular weight excluding hydrogens is 555 g/mol. The molecule has 5 heterocycles. The summed E-state index contributed by atoms with van der Waals surface area (Å²) in [4.78, 5) is 15.1. The molecule has 3 aliphatic rings. The second kappa shape index (κ2) is 11.2. The standard InChI is InChI=1S/C31H37N5O3S2/c1-34-13-5-8-29(34)31-33-28(21-40-31)27-20-36(41(37,38)25-6-3-2-4-7-25)30-26(27)18-23(19-32-30)22-9-11-24(12-10-22)35-14-16-39-17-15-35/h2-4,6-7,18-22,24,29H,5,8-17H2,1H3/t22-,24-,29?. The zero-order valence-corrected chi connectivity index (χ0v) is 25.1. The van der Waals surface area contributed by atoms with Gasteiger partial charge in [-0.05, 0) is 81.8 Å². The minimum Gasteiger partial charge on any atom is -0.379 e. The molecule has 1 aliphatic carbocycles. The van der Waals surface area contributed by atoms with Crippen molar-refractivity contribution >= 4 is 32.4 Å².